The molecule has 0 atom stereocenters. The van der Waals surface area contributed by atoms with Crippen LogP contribution in [0.5, 0.6) is 0 Å². The van der Waals surface area contributed by atoms with E-state index in [2.05, 4.69) is 34.3 Å². The zero-order valence-corrected chi connectivity index (χ0v) is 11.8. The highest BCUT2D eigenvalue weighted by Crippen LogP contribution is 2.20. The maximum absolute atomic E-state index is 3.56. The highest BCUT2D eigenvalue weighted by Gasteiger charge is 2.07. The summed E-state index contributed by atoms with van der Waals surface area (Å²) in [6, 6.07) is 0. The Labute approximate surface area is 92.8 Å². The van der Waals surface area contributed by atoms with Gasteiger partial charge in [-0.05, 0) is 25.7 Å². The summed E-state index contributed by atoms with van der Waals surface area (Å²) in [7, 11) is 0. The molecule has 0 nitrogen and oxygen atoms in total. The molecular formula is C14H32. The summed E-state index contributed by atoms with van der Waals surface area (Å²) in [6.07, 6.45) is 4.07. The molecule has 0 saturated heterocycles. The Morgan fingerprint density at radius 2 is 1.36 bits per heavy atom. The fraction of sp³-hybridized carbons (Fsp3) is 0.857. The summed E-state index contributed by atoms with van der Waals surface area (Å²) in [5.41, 5.74) is 1.72. The molecule has 0 aliphatic heterocycles. The largest absolute Gasteiger partial charge is 0.100 e. The summed E-state index contributed by atoms with van der Waals surface area (Å²) in [5, 5.41) is 0. The highest BCUT2D eigenvalue weighted by atomic mass is 14.1. The third kappa shape index (κ3) is 60.3. The molecule has 14 heavy (non-hydrogen) atoms. The summed E-state index contributed by atoms with van der Waals surface area (Å²) in [6.45, 7) is 20.6. The van der Waals surface area contributed by atoms with Gasteiger partial charge in [0.15, 0.2) is 0 Å². The average Bonchev–Trinajstić information content (AvgIpc) is 2.02. The van der Waals surface area contributed by atoms with Crippen molar-refractivity contribution in [1.29, 1.82) is 0 Å². The molecule has 0 bridgehead atoms. The van der Waals surface area contributed by atoms with Crippen molar-refractivity contribution in [2.24, 2.45) is 5.41 Å². The molecule has 0 saturated carbocycles. The lowest BCUT2D eigenvalue weighted by atomic mass is 9.90. The van der Waals surface area contributed by atoms with E-state index in [4.69, 9.17) is 0 Å². The van der Waals surface area contributed by atoms with E-state index in [0.717, 1.165) is 0 Å². The molecule has 0 radical (unpaired) electrons. The Bertz CT molecular complexity index is 99.7. The third-order valence-corrected chi connectivity index (χ3v) is 1.28. The molecule has 0 aliphatic carbocycles. The van der Waals surface area contributed by atoms with Gasteiger partial charge in [-0.3, -0.25) is 0 Å². The number of hydrogen-bond donors (Lipinski definition) is 0. The summed E-state index contributed by atoms with van der Waals surface area (Å²) in [5.74, 6) is 0. The van der Waals surface area contributed by atoms with Crippen LogP contribution in [0.15, 0.2) is 12.2 Å². The lowest BCUT2D eigenvalue weighted by Gasteiger charge is -2.16. The molecule has 0 N–H and O–H groups in total. The van der Waals surface area contributed by atoms with Crippen molar-refractivity contribution in [1.82, 2.24) is 0 Å². The van der Waals surface area contributed by atoms with Crippen LogP contribution in [-0.2, 0) is 0 Å². The van der Waals surface area contributed by atoms with Crippen molar-refractivity contribution >= 4 is 0 Å². The molecule has 0 unspecified atom stereocenters. The van der Waals surface area contributed by atoms with E-state index < -0.39 is 0 Å². The minimum Gasteiger partial charge on any atom is -0.100 e. The lowest BCUT2D eigenvalue weighted by molar-refractivity contribution is 0.363. The Balaban J connectivity index is -0.000000170. The molecule has 0 heteroatoms. The Kier molecular flexibility index (Phi) is 17.6. The third-order valence-electron chi connectivity index (χ3n) is 1.28. The topological polar surface area (TPSA) is 0 Å². The quantitative estimate of drug-likeness (QED) is 0.492. The van der Waals surface area contributed by atoms with Gasteiger partial charge in [-0.25, -0.2) is 0 Å². The Morgan fingerprint density at radius 1 is 1.07 bits per heavy atom. The van der Waals surface area contributed by atoms with Crippen LogP contribution in [0.1, 0.15) is 74.7 Å². The molecule has 0 fully saturated rings. The second-order valence-electron chi connectivity index (χ2n) is 4.87. The van der Waals surface area contributed by atoms with Gasteiger partial charge >= 0.3 is 0 Å². The number of unbranched alkanes of at least 4 members (excludes halogenated alkanes) is 1. The summed E-state index contributed by atoms with van der Waals surface area (Å²) in [4.78, 5) is 0. The van der Waals surface area contributed by atoms with Crippen LogP contribution in [0.3, 0.4) is 0 Å². The molecule has 0 aromatic rings. The Morgan fingerprint density at radius 3 is 1.43 bits per heavy atom. The molecule has 0 aromatic carbocycles. The van der Waals surface area contributed by atoms with E-state index in [1.54, 1.807) is 0 Å². The van der Waals surface area contributed by atoms with Gasteiger partial charge in [-0.1, -0.05) is 60.0 Å². The maximum atomic E-state index is 3.56. The first-order chi connectivity index (χ1) is 6.29. The van der Waals surface area contributed by atoms with Gasteiger partial charge in [0.2, 0.25) is 0 Å². The SMILES string of the molecule is C=C(C)C.CC.CCCCC(C)(C)C. The van der Waals surface area contributed by atoms with Crippen LogP contribution >= 0.6 is 0 Å². The van der Waals surface area contributed by atoms with Crippen molar-refractivity contribution in [3.8, 4) is 0 Å². The van der Waals surface area contributed by atoms with E-state index in [1.807, 2.05) is 27.7 Å². The van der Waals surface area contributed by atoms with Crippen LogP contribution in [0, 0.1) is 5.41 Å². The zero-order chi connectivity index (χ0) is 12.2. The van der Waals surface area contributed by atoms with Crippen LogP contribution in [0.4, 0.5) is 0 Å². The monoisotopic (exact) mass is 200 g/mol. The second kappa shape index (κ2) is 12.7. The first kappa shape index (κ1) is 19.3. The van der Waals surface area contributed by atoms with Gasteiger partial charge < -0.3 is 0 Å². The first-order valence-electron chi connectivity index (χ1n) is 5.91. The van der Waals surface area contributed by atoms with Gasteiger partial charge in [-0.15, -0.1) is 6.58 Å². The number of hydrogen-bond acceptors (Lipinski definition) is 0. The highest BCUT2D eigenvalue weighted by molar-refractivity contribution is 4.78. The average molecular weight is 200 g/mol. The number of rotatable bonds is 2. The van der Waals surface area contributed by atoms with Crippen molar-refractivity contribution in [2.75, 3.05) is 0 Å². The van der Waals surface area contributed by atoms with Crippen molar-refractivity contribution < 1.29 is 0 Å². The second-order valence-corrected chi connectivity index (χ2v) is 4.87. The summed E-state index contributed by atoms with van der Waals surface area (Å²) >= 11 is 0. The predicted octanol–water partition coefficient (Wildman–Crippen LogP) is 5.83. The van der Waals surface area contributed by atoms with E-state index >= 15 is 0 Å². The molecule has 88 valence electrons. The van der Waals surface area contributed by atoms with Gasteiger partial charge in [0.05, 0.1) is 0 Å². The van der Waals surface area contributed by atoms with Crippen molar-refractivity contribution in [3.05, 3.63) is 12.2 Å². The van der Waals surface area contributed by atoms with Crippen LogP contribution in [0.25, 0.3) is 0 Å². The Hall–Kier alpha value is -0.260. The fourth-order valence-electron chi connectivity index (χ4n) is 0.707. The maximum Gasteiger partial charge on any atom is -0.0383 e. The van der Waals surface area contributed by atoms with Crippen LogP contribution < -0.4 is 0 Å². The standard InChI is InChI=1S/C8H18.C4H8.C2H6/c1-5-6-7-8(2,3)4;1-4(2)3;1-2/h5-7H2,1-4H3;1H2,2-3H3;1-2H3. The van der Waals surface area contributed by atoms with Gasteiger partial charge in [0.25, 0.3) is 0 Å². The molecule has 0 spiro atoms. The number of allylic oxidation sites excluding steroid dienone is 1. The zero-order valence-electron chi connectivity index (χ0n) is 11.8. The molecular weight excluding hydrogens is 168 g/mol. The molecule has 0 heterocycles. The summed E-state index contributed by atoms with van der Waals surface area (Å²) < 4.78 is 0. The first-order valence-corrected chi connectivity index (χ1v) is 5.91. The van der Waals surface area contributed by atoms with Crippen LogP contribution in [-0.4, -0.2) is 0 Å². The van der Waals surface area contributed by atoms with Crippen molar-refractivity contribution in [2.45, 2.75) is 74.7 Å². The fourth-order valence-corrected chi connectivity index (χ4v) is 0.707. The van der Waals surface area contributed by atoms with Gasteiger partial charge in [-0.2, -0.15) is 0 Å². The minimum atomic E-state index is 0.552. The van der Waals surface area contributed by atoms with E-state index in [9.17, 15) is 0 Å². The molecule has 0 aromatic heterocycles. The van der Waals surface area contributed by atoms with Gasteiger partial charge in [0.1, 0.15) is 0 Å². The minimum absolute atomic E-state index is 0.552. The lowest BCUT2D eigenvalue weighted by Crippen LogP contribution is -2.03. The van der Waals surface area contributed by atoms with E-state index in [0.29, 0.717) is 5.41 Å². The van der Waals surface area contributed by atoms with E-state index in [-0.39, 0.29) is 0 Å². The van der Waals surface area contributed by atoms with Crippen molar-refractivity contribution in [3.63, 3.8) is 0 Å². The van der Waals surface area contributed by atoms with E-state index in [1.165, 1.54) is 24.8 Å². The normalized spacial score (nSPS) is 9.14. The smallest absolute Gasteiger partial charge is 0.0383 e. The van der Waals surface area contributed by atoms with Gasteiger partial charge in [0, 0.05) is 0 Å². The molecule has 0 amide bonds. The predicted molar refractivity (Wildman–Crippen MR) is 70.8 cm³/mol. The molecule has 0 aliphatic rings. The molecule has 0 rings (SSSR count). The van der Waals surface area contributed by atoms with Crippen LogP contribution in [0.2, 0.25) is 0 Å².